The Morgan fingerprint density at radius 2 is 2.23 bits per heavy atom. The number of ether oxygens (including phenoxy) is 1. The maximum absolute atomic E-state index is 10.6. The highest BCUT2D eigenvalue weighted by atomic mass is 16.5. The third-order valence-electron chi connectivity index (χ3n) is 2.20. The molecule has 0 aromatic rings. The van der Waals surface area contributed by atoms with Crippen molar-refractivity contribution in [1.29, 1.82) is 0 Å². The van der Waals surface area contributed by atoms with Crippen LogP contribution in [-0.2, 0) is 9.53 Å². The van der Waals surface area contributed by atoms with Crippen LogP contribution in [0.1, 0.15) is 38.5 Å². The van der Waals surface area contributed by atoms with Crippen LogP contribution in [0.2, 0.25) is 0 Å². The Kier molecular flexibility index (Phi) is 4.39. The molecule has 13 heavy (non-hydrogen) atoms. The highest BCUT2D eigenvalue weighted by molar-refractivity contribution is 5.72. The van der Waals surface area contributed by atoms with Gasteiger partial charge in [-0.3, -0.25) is 4.79 Å². The van der Waals surface area contributed by atoms with E-state index in [0.29, 0.717) is 0 Å². The Bertz CT molecular complexity index is 218. The molecule has 0 saturated heterocycles. The van der Waals surface area contributed by atoms with E-state index in [0.717, 1.165) is 12.3 Å². The SMILES string of the molecule is COC(=O)CC#CCCCC1CC1. The van der Waals surface area contributed by atoms with E-state index in [2.05, 4.69) is 16.6 Å². The summed E-state index contributed by atoms with van der Waals surface area (Å²) in [5.74, 6) is 6.54. The Balaban J connectivity index is 1.92. The van der Waals surface area contributed by atoms with Gasteiger partial charge in [-0.2, -0.15) is 0 Å². The average Bonchev–Trinajstić information content (AvgIpc) is 2.94. The average molecular weight is 180 g/mol. The lowest BCUT2D eigenvalue weighted by Crippen LogP contribution is -1.96. The van der Waals surface area contributed by atoms with Crippen molar-refractivity contribution in [1.82, 2.24) is 0 Å². The molecular weight excluding hydrogens is 164 g/mol. The summed E-state index contributed by atoms with van der Waals surface area (Å²) in [5.41, 5.74) is 0. The predicted molar refractivity (Wildman–Crippen MR) is 51.0 cm³/mol. The first-order valence-corrected chi connectivity index (χ1v) is 4.85. The van der Waals surface area contributed by atoms with Crippen molar-refractivity contribution in [3.8, 4) is 11.8 Å². The number of esters is 1. The van der Waals surface area contributed by atoms with Gasteiger partial charge in [0.2, 0.25) is 0 Å². The maximum Gasteiger partial charge on any atom is 0.317 e. The first-order valence-electron chi connectivity index (χ1n) is 4.85. The van der Waals surface area contributed by atoms with Gasteiger partial charge in [0.25, 0.3) is 0 Å². The second-order valence-corrected chi connectivity index (χ2v) is 3.44. The minimum absolute atomic E-state index is 0.236. The van der Waals surface area contributed by atoms with Crippen molar-refractivity contribution in [2.75, 3.05) is 7.11 Å². The van der Waals surface area contributed by atoms with Crippen LogP contribution < -0.4 is 0 Å². The number of hydrogen-bond acceptors (Lipinski definition) is 2. The van der Waals surface area contributed by atoms with Crippen molar-refractivity contribution in [2.24, 2.45) is 5.92 Å². The van der Waals surface area contributed by atoms with Crippen LogP contribution in [0.4, 0.5) is 0 Å². The van der Waals surface area contributed by atoms with E-state index < -0.39 is 0 Å². The molecule has 0 N–H and O–H groups in total. The largest absolute Gasteiger partial charge is 0.468 e. The molecule has 0 heterocycles. The van der Waals surface area contributed by atoms with Crippen molar-refractivity contribution in [3.63, 3.8) is 0 Å². The summed E-state index contributed by atoms with van der Waals surface area (Å²) in [6, 6.07) is 0. The lowest BCUT2D eigenvalue weighted by molar-refractivity contribution is -0.139. The molecule has 72 valence electrons. The smallest absolute Gasteiger partial charge is 0.317 e. The van der Waals surface area contributed by atoms with Gasteiger partial charge in [0.05, 0.1) is 7.11 Å². The molecule has 0 bridgehead atoms. The highest BCUT2D eigenvalue weighted by Crippen LogP contribution is 2.33. The topological polar surface area (TPSA) is 26.3 Å². The number of carbonyl (C=O) groups is 1. The lowest BCUT2D eigenvalue weighted by atomic mass is 10.2. The van der Waals surface area contributed by atoms with Crippen molar-refractivity contribution >= 4 is 5.97 Å². The maximum atomic E-state index is 10.6. The summed E-state index contributed by atoms with van der Waals surface area (Å²) in [6.07, 6.45) is 6.48. The van der Waals surface area contributed by atoms with Crippen LogP contribution in [0.25, 0.3) is 0 Å². The third kappa shape index (κ3) is 5.30. The van der Waals surface area contributed by atoms with E-state index >= 15 is 0 Å². The molecule has 1 saturated carbocycles. The van der Waals surface area contributed by atoms with E-state index in [1.807, 2.05) is 0 Å². The molecule has 2 heteroatoms. The lowest BCUT2D eigenvalue weighted by Gasteiger charge is -1.91. The molecule has 0 unspecified atom stereocenters. The molecule has 0 aromatic heterocycles. The molecule has 0 spiro atoms. The van der Waals surface area contributed by atoms with Gasteiger partial charge in [-0.25, -0.2) is 0 Å². The van der Waals surface area contributed by atoms with Gasteiger partial charge in [0.1, 0.15) is 6.42 Å². The van der Waals surface area contributed by atoms with Crippen molar-refractivity contribution in [3.05, 3.63) is 0 Å². The third-order valence-corrected chi connectivity index (χ3v) is 2.20. The zero-order valence-electron chi connectivity index (χ0n) is 8.14. The molecule has 0 radical (unpaired) electrons. The van der Waals surface area contributed by atoms with E-state index in [4.69, 9.17) is 0 Å². The highest BCUT2D eigenvalue weighted by Gasteiger charge is 2.19. The Labute approximate surface area is 79.7 Å². The number of carbonyl (C=O) groups excluding carboxylic acids is 1. The summed E-state index contributed by atoms with van der Waals surface area (Å²) >= 11 is 0. The summed E-state index contributed by atoms with van der Waals surface area (Å²) in [4.78, 5) is 10.6. The van der Waals surface area contributed by atoms with Crippen LogP contribution in [0.3, 0.4) is 0 Å². The van der Waals surface area contributed by atoms with Crippen LogP contribution in [-0.4, -0.2) is 13.1 Å². The van der Waals surface area contributed by atoms with Gasteiger partial charge in [-0.05, 0) is 18.8 Å². The van der Waals surface area contributed by atoms with Crippen LogP contribution >= 0.6 is 0 Å². The Morgan fingerprint density at radius 3 is 2.85 bits per heavy atom. The number of methoxy groups -OCH3 is 1. The zero-order valence-corrected chi connectivity index (χ0v) is 8.14. The molecule has 1 aliphatic rings. The molecule has 1 fully saturated rings. The van der Waals surface area contributed by atoms with Gasteiger partial charge in [-0.1, -0.05) is 18.8 Å². The standard InChI is InChI=1S/C11H16O2/c1-13-11(12)7-5-3-2-4-6-10-8-9-10/h10H,2,4,6-9H2,1H3. The predicted octanol–water partition coefficient (Wildman–Crippen LogP) is 2.13. The second kappa shape index (κ2) is 5.64. The van der Waals surface area contributed by atoms with E-state index in [1.165, 1.54) is 32.8 Å². The molecule has 0 aliphatic heterocycles. The normalized spacial score (nSPS) is 14.5. The van der Waals surface area contributed by atoms with Crippen LogP contribution in [0.5, 0.6) is 0 Å². The van der Waals surface area contributed by atoms with Crippen molar-refractivity contribution < 1.29 is 9.53 Å². The van der Waals surface area contributed by atoms with E-state index in [9.17, 15) is 4.79 Å². The van der Waals surface area contributed by atoms with E-state index in [1.54, 1.807) is 0 Å². The molecule has 0 atom stereocenters. The first-order chi connectivity index (χ1) is 6.33. The summed E-state index contributed by atoms with van der Waals surface area (Å²) in [6.45, 7) is 0. The summed E-state index contributed by atoms with van der Waals surface area (Å²) in [5, 5.41) is 0. The fraction of sp³-hybridized carbons (Fsp3) is 0.727. The minimum atomic E-state index is -0.241. The fourth-order valence-electron chi connectivity index (χ4n) is 1.18. The Morgan fingerprint density at radius 1 is 1.46 bits per heavy atom. The van der Waals surface area contributed by atoms with Crippen molar-refractivity contribution in [2.45, 2.75) is 38.5 Å². The number of rotatable bonds is 4. The number of hydrogen-bond donors (Lipinski definition) is 0. The molecular formula is C11H16O2. The monoisotopic (exact) mass is 180 g/mol. The second-order valence-electron chi connectivity index (χ2n) is 3.44. The molecule has 1 rings (SSSR count). The quantitative estimate of drug-likeness (QED) is 0.376. The molecule has 2 nitrogen and oxygen atoms in total. The fourth-order valence-corrected chi connectivity index (χ4v) is 1.18. The molecule has 0 amide bonds. The van der Waals surface area contributed by atoms with Gasteiger partial charge in [-0.15, -0.1) is 5.92 Å². The summed E-state index contributed by atoms with van der Waals surface area (Å²) in [7, 11) is 1.39. The van der Waals surface area contributed by atoms with Crippen LogP contribution in [0, 0.1) is 17.8 Å². The molecule has 0 aromatic carbocycles. The molecule has 1 aliphatic carbocycles. The number of unbranched alkanes of at least 4 members (excludes halogenated alkanes) is 1. The van der Waals surface area contributed by atoms with Gasteiger partial charge >= 0.3 is 5.97 Å². The van der Waals surface area contributed by atoms with E-state index in [-0.39, 0.29) is 12.4 Å². The zero-order chi connectivity index (χ0) is 9.52. The minimum Gasteiger partial charge on any atom is -0.468 e. The first kappa shape index (κ1) is 10.1. The Hall–Kier alpha value is -0.970. The van der Waals surface area contributed by atoms with Gasteiger partial charge < -0.3 is 4.74 Å². The van der Waals surface area contributed by atoms with Gasteiger partial charge in [0.15, 0.2) is 0 Å². The van der Waals surface area contributed by atoms with Crippen LogP contribution in [0.15, 0.2) is 0 Å². The summed E-state index contributed by atoms with van der Waals surface area (Å²) < 4.78 is 4.46. The van der Waals surface area contributed by atoms with Gasteiger partial charge in [0, 0.05) is 6.42 Å².